The summed E-state index contributed by atoms with van der Waals surface area (Å²) in [5, 5.41) is 6.92. The second kappa shape index (κ2) is 9.17. The number of nitrogens with zero attached hydrogens (tertiary/aromatic N) is 3. The van der Waals surface area contributed by atoms with E-state index in [0.717, 1.165) is 42.9 Å². The van der Waals surface area contributed by atoms with E-state index >= 15 is 0 Å². The molecule has 184 valence electrons. The Morgan fingerprint density at radius 3 is 2.37 bits per heavy atom. The van der Waals surface area contributed by atoms with Crippen LogP contribution in [0.4, 0.5) is 5.69 Å². The molecule has 1 saturated heterocycles. The first kappa shape index (κ1) is 23.6. The quantitative estimate of drug-likeness (QED) is 0.443. The predicted octanol–water partition coefficient (Wildman–Crippen LogP) is 3.95. The lowest BCUT2D eigenvalue weighted by molar-refractivity contribution is 0.590. The molecule has 1 fully saturated rings. The molecule has 4 aromatic rings. The number of aromatic nitrogens is 3. The molecule has 35 heavy (non-hydrogen) atoms. The maximum atomic E-state index is 12.4. The van der Waals surface area contributed by atoms with Crippen molar-refractivity contribution in [2.75, 3.05) is 31.1 Å². The molecule has 0 radical (unpaired) electrons. The Labute approximate surface area is 209 Å². The van der Waals surface area contributed by atoms with Gasteiger partial charge in [-0.05, 0) is 43.8 Å². The molecule has 7 nitrogen and oxygen atoms in total. The fourth-order valence-corrected chi connectivity index (χ4v) is 6.58. The Morgan fingerprint density at radius 1 is 1.06 bits per heavy atom. The van der Waals surface area contributed by atoms with Crippen molar-refractivity contribution in [3.05, 3.63) is 72.9 Å². The van der Waals surface area contributed by atoms with E-state index in [4.69, 9.17) is 0 Å². The van der Waals surface area contributed by atoms with Crippen LogP contribution in [0.3, 0.4) is 0 Å². The van der Waals surface area contributed by atoms with Crippen LogP contribution in [0.25, 0.3) is 21.5 Å². The van der Waals surface area contributed by atoms with Gasteiger partial charge in [-0.3, -0.25) is 9.36 Å². The van der Waals surface area contributed by atoms with Crippen molar-refractivity contribution in [1.29, 1.82) is 0 Å². The fourth-order valence-electron chi connectivity index (χ4n) is 5.34. The molecule has 3 aromatic heterocycles. The highest BCUT2D eigenvalue weighted by Crippen LogP contribution is 2.47. The van der Waals surface area contributed by atoms with E-state index in [1.54, 1.807) is 17.4 Å². The van der Waals surface area contributed by atoms with Crippen molar-refractivity contribution in [3.8, 4) is 11.3 Å². The van der Waals surface area contributed by atoms with Gasteiger partial charge >= 0.3 is 5.69 Å². The molecule has 8 heteroatoms. The van der Waals surface area contributed by atoms with Crippen LogP contribution in [0, 0.1) is 13.8 Å². The van der Waals surface area contributed by atoms with Crippen molar-refractivity contribution in [3.63, 3.8) is 0 Å². The zero-order valence-electron chi connectivity index (χ0n) is 21.1. The molecule has 0 amide bonds. The van der Waals surface area contributed by atoms with Gasteiger partial charge in [0.05, 0.1) is 11.4 Å². The van der Waals surface area contributed by atoms with E-state index in [2.05, 4.69) is 71.0 Å². The van der Waals surface area contributed by atoms with Crippen LogP contribution in [0.15, 0.2) is 39.2 Å². The molecule has 1 atom stereocenters. The van der Waals surface area contributed by atoms with Crippen LogP contribution in [-0.4, -0.2) is 40.3 Å². The van der Waals surface area contributed by atoms with Gasteiger partial charge in [0.25, 0.3) is 5.56 Å². The Kier molecular flexibility index (Phi) is 6.19. The van der Waals surface area contributed by atoms with Crippen molar-refractivity contribution < 1.29 is 0 Å². The Balaban J connectivity index is 1.80. The minimum absolute atomic E-state index is 0.119. The van der Waals surface area contributed by atoms with E-state index < -0.39 is 0 Å². The summed E-state index contributed by atoms with van der Waals surface area (Å²) in [6.45, 7) is 13.2. The van der Waals surface area contributed by atoms with Crippen LogP contribution in [0.5, 0.6) is 0 Å². The number of aryl methyl sites for hydroxylation is 3. The van der Waals surface area contributed by atoms with Crippen molar-refractivity contribution >= 4 is 27.2 Å². The Bertz CT molecular complexity index is 1470. The summed E-state index contributed by atoms with van der Waals surface area (Å²) in [4.78, 5) is 31.4. The van der Waals surface area contributed by atoms with Gasteiger partial charge in [-0.1, -0.05) is 24.1 Å². The number of aromatic amines is 1. The van der Waals surface area contributed by atoms with Crippen LogP contribution >= 0.6 is 11.3 Å². The van der Waals surface area contributed by atoms with Gasteiger partial charge in [0.1, 0.15) is 4.83 Å². The molecule has 4 heterocycles. The minimum Gasteiger partial charge on any atom is -0.367 e. The topological polar surface area (TPSA) is 75.1 Å². The summed E-state index contributed by atoms with van der Waals surface area (Å²) in [6, 6.07) is 8.34. The number of H-pyrrole nitrogens is 1. The standard InChI is InChI=1S/C27H33N5O2S/c1-6-32-24(19-12-16(2)11-17(3)13-19)25(31-9-7-28-8-10-31)23-20(15-35-26(23)32)18(4)21-14-22(33)30(5)27(34)29-21/h11-15,18,28H,6-10H2,1-5H3,(H,29,34). The maximum Gasteiger partial charge on any atom is 0.328 e. The molecule has 1 aliphatic rings. The molecular formula is C27H33N5O2S. The molecule has 0 saturated carbocycles. The van der Waals surface area contributed by atoms with Crippen LogP contribution < -0.4 is 21.5 Å². The van der Waals surface area contributed by atoms with Gasteiger partial charge < -0.3 is 19.8 Å². The largest absolute Gasteiger partial charge is 0.367 e. The van der Waals surface area contributed by atoms with Crippen molar-refractivity contribution in [2.45, 2.75) is 40.2 Å². The highest BCUT2D eigenvalue weighted by atomic mass is 32.1. The van der Waals surface area contributed by atoms with E-state index in [-0.39, 0.29) is 17.2 Å². The number of rotatable bonds is 5. The summed E-state index contributed by atoms with van der Waals surface area (Å²) in [5.41, 5.74) is 7.41. The Morgan fingerprint density at radius 2 is 1.74 bits per heavy atom. The number of nitrogens with one attached hydrogen (secondary N) is 2. The van der Waals surface area contributed by atoms with Gasteiger partial charge in [-0.15, -0.1) is 11.3 Å². The summed E-state index contributed by atoms with van der Waals surface area (Å²) < 4.78 is 3.55. The molecule has 0 bridgehead atoms. The predicted molar refractivity (Wildman–Crippen MR) is 145 cm³/mol. The minimum atomic E-state index is -0.379. The normalized spacial score (nSPS) is 15.2. The zero-order valence-corrected chi connectivity index (χ0v) is 21.9. The van der Waals surface area contributed by atoms with Crippen LogP contribution in [0.1, 0.15) is 42.1 Å². The number of hydrogen-bond acceptors (Lipinski definition) is 5. The SMILES string of the molecule is CCn1c(-c2cc(C)cc(C)c2)c(N2CCNCC2)c2c(C(C)c3cc(=O)n(C)c(=O)[nH]3)csc21. The highest BCUT2D eigenvalue weighted by molar-refractivity contribution is 7.17. The molecule has 5 rings (SSSR count). The number of anilines is 1. The number of piperazine rings is 1. The fraction of sp³-hybridized carbons (Fsp3) is 0.407. The van der Waals surface area contributed by atoms with Crippen molar-refractivity contribution in [1.82, 2.24) is 19.4 Å². The molecule has 1 aromatic carbocycles. The molecule has 1 unspecified atom stereocenters. The third kappa shape index (κ3) is 4.04. The summed E-state index contributed by atoms with van der Waals surface area (Å²) >= 11 is 1.75. The highest BCUT2D eigenvalue weighted by Gasteiger charge is 2.29. The second-order valence-corrected chi connectivity index (χ2v) is 10.4. The zero-order chi connectivity index (χ0) is 24.9. The van der Waals surface area contributed by atoms with Crippen LogP contribution in [-0.2, 0) is 13.6 Å². The lowest BCUT2D eigenvalue weighted by Crippen LogP contribution is -2.43. The number of benzene rings is 1. The summed E-state index contributed by atoms with van der Waals surface area (Å²) in [6.07, 6.45) is 0. The first-order valence-electron chi connectivity index (χ1n) is 12.3. The lowest BCUT2D eigenvalue weighted by Gasteiger charge is -2.31. The van der Waals surface area contributed by atoms with Crippen molar-refractivity contribution in [2.24, 2.45) is 7.05 Å². The number of fused-ring (bicyclic) bond motifs is 1. The first-order chi connectivity index (χ1) is 16.8. The Hall–Kier alpha value is -3.10. The summed E-state index contributed by atoms with van der Waals surface area (Å²) in [7, 11) is 1.50. The van der Waals surface area contributed by atoms with E-state index in [9.17, 15) is 9.59 Å². The lowest BCUT2D eigenvalue weighted by atomic mass is 9.96. The summed E-state index contributed by atoms with van der Waals surface area (Å²) in [5.74, 6) is -0.119. The smallest absolute Gasteiger partial charge is 0.328 e. The van der Waals surface area contributed by atoms with E-state index in [0.29, 0.717) is 5.69 Å². The maximum absolute atomic E-state index is 12.4. The van der Waals surface area contributed by atoms with Gasteiger partial charge in [-0.2, -0.15) is 0 Å². The average molecular weight is 492 g/mol. The third-order valence-electron chi connectivity index (χ3n) is 7.12. The van der Waals surface area contributed by atoms with Gasteiger partial charge in [0.15, 0.2) is 0 Å². The van der Waals surface area contributed by atoms with Gasteiger partial charge in [-0.25, -0.2) is 4.79 Å². The number of hydrogen-bond donors (Lipinski definition) is 2. The van der Waals surface area contributed by atoms with Gasteiger partial charge in [0.2, 0.25) is 0 Å². The van der Waals surface area contributed by atoms with E-state index in [1.165, 1.54) is 45.3 Å². The molecule has 0 aliphatic carbocycles. The monoisotopic (exact) mass is 491 g/mol. The molecular weight excluding hydrogens is 458 g/mol. The molecule has 1 aliphatic heterocycles. The first-order valence-corrected chi connectivity index (χ1v) is 13.2. The number of thiophene rings is 1. The average Bonchev–Trinajstić information content (AvgIpc) is 3.39. The van der Waals surface area contributed by atoms with Gasteiger partial charge in [0, 0.05) is 68.4 Å². The molecule has 2 N–H and O–H groups in total. The third-order valence-corrected chi connectivity index (χ3v) is 8.14. The van der Waals surface area contributed by atoms with Crippen LogP contribution in [0.2, 0.25) is 0 Å². The van der Waals surface area contributed by atoms with E-state index in [1.807, 2.05) is 0 Å². The second-order valence-electron chi connectivity index (χ2n) is 9.57. The molecule has 0 spiro atoms.